The smallest absolute Gasteiger partial charge is 0.0420 e. The maximum atomic E-state index is 5.88. The summed E-state index contributed by atoms with van der Waals surface area (Å²) < 4.78 is 1.21. The Morgan fingerprint density at radius 1 is 1.38 bits per heavy atom. The van der Waals surface area contributed by atoms with Crippen molar-refractivity contribution in [1.82, 2.24) is 0 Å². The van der Waals surface area contributed by atoms with E-state index in [-0.39, 0.29) is 6.04 Å². The highest BCUT2D eigenvalue weighted by molar-refractivity contribution is 7.19. The molecule has 0 saturated carbocycles. The van der Waals surface area contributed by atoms with E-state index in [0.717, 1.165) is 5.02 Å². The molecule has 0 amide bonds. The molecular weight excluding hydrogens is 202 g/mol. The molecule has 2 N–H and O–H groups in total. The zero-order valence-corrected chi connectivity index (χ0v) is 8.82. The fraction of sp³-hybridized carbons (Fsp3) is 0.200. The lowest BCUT2D eigenvalue weighted by Crippen LogP contribution is -2.01. The maximum Gasteiger partial charge on any atom is 0.0420 e. The van der Waals surface area contributed by atoms with Gasteiger partial charge in [-0.3, -0.25) is 0 Å². The zero-order valence-electron chi connectivity index (χ0n) is 7.25. The molecule has 0 saturated heterocycles. The summed E-state index contributed by atoms with van der Waals surface area (Å²) in [6, 6.07) is 8.15. The van der Waals surface area contributed by atoms with E-state index < -0.39 is 0 Å². The first-order valence-electron chi connectivity index (χ1n) is 4.11. The summed E-state index contributed by atoms with van der Waals surface area (Å²) in [5.41, 5.74) is 5.79. The van der Waals surface area contributed by atoms with Crippen molar-refractivity contribution in [3.8, 4) is 0 Å². The van der Waals surface area contributed by atoms with Gasteiger partial charge in [0.15, 0.2) is 0 Å². The Morgan fingerprint density at radius 2 is 2.15 bits per heavy atom. The second-order valence-corrected chi connectivity index (χ2v) is 4.67. The second kappa shape index (κ2) is 3.29. The third-order valence-electron chi connectivity index (χ3n) is 1.95. The Morgan fingerprint density at radius 3 is 2.85 bits per heavy atom. The van der Waals surface area contributed by atoms with E-state index in [9.17, 15) is 0 Å². The van der Waals surface area contributed by atoms with Gasteiger partial charge >= 0.3 is 0 Å². The van der Waals surface area contributed by atoms with E-state index in [1.54, 1.807) is 11.3 Å². The van der Waals surface area contributed by atoms with Crippen molar-refractivity contribution in [3.05, 3.63) is 34.2 Å². The van der Waals surface area contributed by atoms with Crippen LogP contribution in [0.5, 0.6) is 0 Å². The summed E-state index contributed by atoms with van der Waals surface area (Å²) in [5.74, 6) is 0. The molecule has 0 aliphatic carbocycles. The van der Waals surface area contributed by atoms with Gasteiger partial charge in [-0.2, -0.15) is 0 Å². The van der Waals surface area contributed by atoms with Crippen LogP contribution in [-0.4, -0.2) is 0 Å². The van der Waals surface area contributed by atoms with Crippen molar-refractivity contribution in [1.29, 1.82) is 0 Å². The molecule has 1 aromatic carbocycles. The minimum atomic E-state index is 0.108. The summed E-state index contributed by atoms with van der Waals surface area (Å²) in [6.07, 6.45) is 0. The Bertz CT molecular complexity index is 433. The molecule has 0 bridgehead atoms. The Hall–Kier alpha value is -0.570. The van der Waals surface area contributed by atoms with E-state index >= 15 is 0 Å². The van der Waals surface area contributed by atoms with Crippen LogP contribution in [-0.2, 0) is 0 Å². The number of benzene rings is 1. The minimum Gasteiger partial charge on any atom is -0.324 e. The Kier molecular flexibility index (Phi) is 2.28. The number of fused-ring (bicyclic) bond motifs is 1. The number of thiophene rings is 1. The van der Waals surface area contributed by atoms with Crippen LogP contribution in [0.1, 0.15) is 17.8 Å². The van der Waals surface area contributed by atoms with Crippen LogP contribution < -0.4 is 5.73 Å². The van der Waals surface area contributed by atoms with Crippen molar-refractivity contribution in [2.75, 3.05) is 0 Å². The third kappa shape index (κ3) is 1.70. The van der Waals surface area contributed by atoms with Gasteiger partial charge in [0.25, 0.3) is 0 Å². The van der Waals surface area contributed by atoms with Gasteiger partial charge in [0.2, 0.25) is 0 Å². The van der Waals surface area contributed by atoms with Crippen LogP contribution in [0.3, 0.4) is 0 Å². The van der Waals surface area contributed by atoms with Gasteiger partial charge in [-0.1, -0.05) is 17.7 Å². The molecule has 1 aromatic heterocycles. The molecule has 0 aliphatic rings. The lowest BCUT2D eigenvalue weighted by atomic mass is 10.2. The average molecular weight is 212 g/mol. The zero-order chi connectivity index (χ0) is 9.42. The minimum absolute atomic E-state index is 0.108. The number of nitrogens with two attached hydrogens (primary N) is 1. The molecule has 2 aromatic rings. The summed E-state index contributed by atoms with van der Waals surface area (Å²) >= 11 is 7.59. The molecule has 0 radical (unpaired) electrons. The van der Waals surface area contributed by atoms with Crippen molar-refractivity contribution in [3.63, 3.8) is 0 Å². The van der Waals surface area contributed by atoms with E-state index in [1.807, 2.05) is 25.1 Å². The van der Waals surface area contributed by atoms with Crippen molar-refractivity contribution in [2.24, 2.45) is 5.73 Å². The summed E-state index contributed by atoms with van der Waals surface area (Å²) in [4.78, 5) is 1.21. The quantitative estimate of drug-likeness (QED) is 0.767. The van der Waals surface area contributed by atoms with Gasteiger partial charge in [0, 0.05) is 20.6 Å². The number of rotatable bonds is 1. The first kappa shape index (κ1) is 9.00. The highest BCUT2D eigenvalue weighted by atomic mass is 35.5. The van der Waals surface area contributed by atoms with Gasteiger partial charge in [0.1, 0.15) is 0 Å². The highest BCUT2D eigenvalue weighted by Gasteiger charge is 2.05. The molecule has 1 heterocycles. The average Bonchev–Trinajstić information content (AvgIpc) is 2.46. The lowest BCUT2D eigenvalue weighted by Gasteiger charge is -1.96. The van der Waals surface area contributed by atoms with Gasteiger partial charge in [0.05, 0.1) is 0 Å². The predicted molar refractivity (Wildman–Crippen MR) is 59.4 cm³/mol. The molecule has 13 heavy (non-hydrogen) atoms. The van der Waals surface area contributed by atoms with Gasteiger partial charge < -0.3 is 5.73 Å². The van der Waals surface area contributed by atoms with E-state index in [2.05, 4.69) is 6.07 Å². The van der Waals surface area contributed by atoms with Crippen LogP contribution in [0.25, 0.3) is 10.1 Å². The highest BCUT2D eigenvalue weighted by Crippen LogP contribution is 2.30. The summed E-state index contributed by atoms with van der Waals surface area (Å²) in [5, 5.41) is 2.01. The molecule has 0 spiro atoms. The van der Waals surface area contributed by atoms with Crippen LogP contribution in [0.2, 0.25) is 5.02 Å². The van der Waals surface area contributed by atoms with Crippen molar-refractivity contribution < 1.29 is 0 Å². The standard InChI is InChI=1S/C10H10ClNS/c1-6(12)9-4-7-2-3-8(11)5-10(7)13-9/h2-6H,12H2,1H3/t6-/m0/s1. The summed E-state index contributed by atoms with van der Waals surface area (Å²) in [7, 11) is 0. The SMILES string of the molecule is C[C@H](N)c1cc2ccc(Cl)cc2s1. The lowest BCUT2D eigenvalue weighted by molar-refractivity contribution is 0.839. The van der Waals surface area contributed by atoms with E-state index in [1.165, 1.54) is 15.0 Å². The largest absolute Gasteiger partial charge is 0.324 e. The van der Waals surface area contributed by atoms with Gasteiger partial charge in [-0.15, -0.1) is 11.3 Å². The Labute approximate surface area is 86.1 Å². The molecular formula is C10H10ClNS. The molecule has 2 rings (SSSR count). The number of hydrogen-bond donors (Lipinski definition) is 1. The fourth-order valence-electron chi connectivity index (χ4n) is 1.25. The van der Waals surface area contributed by atoms with Crippen molar-refractivity contribution >= 4 is 33.0 Å². The summed E-state index contributed by atoms with van der Waals surface area (Å²) in [6.45, 7) is 1.99. The number of halogens is 1. The first-order chi connectivity index (χ1) is 6.16. The third-order valence-corrected chi connectivity index (χ3v) is 3.48. The monoisotopic (exact) mass is 211 g/mol. The topological polar surface area (TPSA) is 26.0 Å². The molecule has 1 nitrogen and oxygen atoms in total. The molecule has 3 heteroatoms. The van der Waals surface area contributed by atoms with Crippen LogP contribution in [0.4, 0.5) is 0 Å². The normalized spacial score (nSPS) is 13.5. The fourth-order valence-corrected chi connectivity index (χ4v) is 2.54. The predicted octanol–water partition coefficient (Wildman–Crippen LogP) is 3.57. The molecule has 1 atom stereocenters. The van der Waals surface area contributed by atoms with Crippen molar-refractivity contribution in [2.45, 2.75) is 13.0 Å². The maximum absolute atomic E-state index is 5.88. The first-order valence-corrected chi connectivity index (χ1v) is 5.31. The molecule has 0 aliphatic heterocycles. The number of hydrogen-bond acceptors (Lipinski definition) is 2. The van der Waals surface area contributed by atoms with Crippen LogP contribution >= 0.6 is 22.9 Å². The van der Waals surface area contributed by atoms with E-state index in [0.29, 0.717) is 0 Å². The van der Waals surface area contributed by atoms with Gasteiger partial charge in [-0.05, 0) is 30.5 Å². The van der Waals surface area contributed by atoms with Crippen LogP contribution in [0.15, 0.2) is 24.3 Å². The Balaban J connectivity index is 2.62. The molecule has 68 valence electrons. The molecule has 0 fully saturated rings. The van der Waals surface area contributed by atoms with Crippen LogP contribution in [0, 0.1) is 0 Å². The molecule has 0 unspecified atom stereocenters. The van der Waals surface area contributed by atoms with E-state index in [4.69, 9.17) is 17.3 Å². The van der Waals surface area contributed by atoms with Gasteiger partial charge in [-0.25, -0.2) is 0 Å². The second-order valence-electron chi connectivity index (χ2n) is 3.12.